The van der Waals surface area contributed by atoms with Gasteiger partial charge in [-0.25, -0.2) is 14.3 Å². The highest BCUT2D eigenvalue weighted by Crippen LogP contribution is 2.24. The molecular formula is C17H24FN5O. The molecule has 1 aliphatic rings. The van der Waals surface area contributed by atoms with Gasteiger partial charge in [-0.15, -0.1) is 0 Å². The summed E-state index contributed by atoms with van der Waals surface area (Å²) < 4.78 is 12.9. The van der Waals surface area contributed by atoms with E-state index in [-0.39, 0.29) is 11.5 Å². The molecule has 2 heterocycles. The largest absolute Gasteiger partial charge is 0.340 e. The zero-order valence-corrected chi connectivity index (χ0v) is 14.0. The van der Waals surface area contributed by atoms with Crippen molar-refractivity contribution in [2.24, 2.45) is 0 Å². The van der Waals surface area contributed by atoms with Crippen molar-refractivity contribution >= 4 is 0 Å². The van der Waals surface area contributed by atoms with E-state index in [1.54, 1.807) is 0 Å². The third-order valence-electron chi connectivity index (χ3n) is 4.66. The van der Waals surface area contributed by atoms with Crippen LogP contribution in [0.4, 0.5) is 4.39 Å². The molecule has 0 saturated carbocycles. The van der Waals surface area contributed by atoms with E-state index in [1.807, 2.05) is 12.1 Å². The number of aromatic nitrogens is 3. The third kappa shape index (κ3) is 4.52. The van der Waals surface area contributed by atoms with Gasteiger partial charge in [-0.05, 0) is 50.7 Å². The minimum atomic E-state index is -0.227. The average molecular weight is 333 g/mol. The predicted octanol–water partition coefficient (Wildman–Crippen LogP) is 1.55. The molecule has 0 spiro atoms. The molecule has 6 nitrogen and oxygen atoms in total. The number of hydrogen-bond donors (Lipinski definition) is 2. The SMILES string of the molecule is CN(CCN1CCC(c2n[nH]c(=O)[nH]2)CC1)Cc1ccc(F)cc1. The fourth-order valence-electron chi connectivity index (χ4n) is 3.20. The molecule has 0 unspecified atom stereocenters. The van der Waals surface area contributed by atoms with Gasteiger partial charge in [-0.1, -0.05) is 12.1 Å². The number of likely N-dealkylation sites (N-methyl/N-ethyl adjacent to an activating group) is 1. The van der Waals surface area contributed by atoms with Crippen LogP contribution in [-0.4, -0.2) is 58.2 Å². The fraction of sp³-hybridized carbons (Fsp3) is 0.529. The normalized spacial score (nSPS) is 16.8. The van der Waals surface area contributed by atoms with E-state index in [0.717, 1.165) is 57.0 Å². The summed E-state index contributed by atoms with van der Waals surface area (Å²) >= 11 is 0. The number of benzene rings is 1. The number of H-pyrrole nitrogens is 2. The first kappa shape index (κ1) is 16.9. The van der Waals surface area contributed by atoms with Gasteiger partial charge in [0, 0.05) is 25.6 Å². The lowest BCUT2D eigenvalue weighted by Gasteiger charge is -2.32. The first-order valence-electron chi connectivity index (χ1n) is 8.40. The Bertz CT molecular complexity index is 688. The van der Waals surface area contributed by atoms with Crippen LogP contribution in [0.25, 0.3) is 0 Å². The summed E-state index contributed by atoms with van der Waals surface area (Å²) in [6.45, 7) is 4.85. The van der Waals surface area contributed by atoms with Crippen LogP contribution in [0.2, 0.25) is 0 Å². The topological polar surface area (TPSA) is 68.0 Å². The second-order valence-electron chi connectivity index (χ2n) is 6.54. The number of halogens is 1. The highest BCUT2D eigenvalue weighted by molar-refractivity contribution is 5.15. The minimum Gasteiger partial charge on any atom is -0.302 e. The van der Waals surface area contributed by atoms with Crippen LogP contribution in [-0.2, 0) is 6.54 Å². The van der Waals surface area contributed by atoms with Crippen LogP contribution < -0.4 is 5.69 Å². The minimum absolute atomic E-state index is 0.192. The van der Waals surface area contributed by atoms with E-state index in [1.165, 1.54) is 12.1 Å². The Morgan fingerprint density at radius 1 is 1.29 bits per heavy atom. The van der Waals surface area contributed by atoms with E-state index >= 15 is 0 Å². The molecule has 0 amide bonds. The summed E-state index contributed by atoms with van der Waals surface area (Å²) in [5.74, 6) is 0.938. The predicted molar refractivity (Wildman–Crippen MR) is 90.4 cm³/mol. The van der Waals surface area contributed by atoms with Gasteiger partial charge in [0.05, 0.1) is 0 Å². The van der Waals surface area contributed by atoms with Crippen molar-refractivity contribution < 1.29 is 4.39 Å². The molecule has 1 aliphatic heterocycles. The highest BCUT2D eigenvalue weighted by atomic mass is 19.1. The zero-order chi connectivity index (χ0) is 16.9. The Hall–Kier alpha value is -1.99. The van der Waals surface area contributed by atoms with Gasteiger partial charge in [0.2, 0.25) is 0 Å². The molecule has 0 bridgehead atoms. The molecule has 7 heteroatoms. The molecule has 1 aromatic heterocycles. The summed E-state index contributed by atoms with van der Waals surface area (Å²) in [4.78, 5) is 18.6. The maximum atomic E-state index is 12.9. The average Bonchev–Trinajstić information content (AvgIpc) is 3.02. The molecule has 2 N–H and O–H groups in total. The van der Waals surface area contributed by atoms with Gasteiger partial charge in [0.15, 0.2) is 0 Å². The number of piperidine rings is 1. The van der Waals surface area contributed by atoms with Gasteiger partial charge >= 0.3 is 5.69 Å². The molecule has 24 heavy (non-hydrogen) atoms. The van der Waals surface area contributed by atoms with Gasteiger partial charge in [0.1, 0.15) is 11.6 Å². The lowest BCUT2D eigenvalue weighted by atomic mass is 9.96. The molecule has 2 aromatic rings. The number of nitrogens with zero attached hydrogens (tertiary/aromatic N) is 3. The summed E-state index contributed by atoms with van der Waals surface area (Å²) in [6, 6.07) is 6.69. The van der Waals surface area contributed by atoms with Crippen LogP contribution in [0.15, 0.2) is 29.1 Å². The number of hydrogen-bond acceptors (Lipinski definition) is 4. The number of rotatable bonds is 6. The van der Waals surface area contributed by atoms with Crippen molar-refractivity contribution in [1.82, 2.24) is 25.0 Å². The van der Waals surface area contributed by atoms with Crippen molar-refractivity contribution in [3.05, 3.63) is 52.0 Å². The number of aromatic amines is 2. The van der Waals surface area contributed by atoms with E-state index in [0.29, 0.717) is 5.92 Å². The molecule has 1 fully saturated rings. The smallest absolute Gasteiger partial charge is 0.302 e. The maximum Gasteiger partial charge on any atom is 0.340 e. The van der Waals surface area contributed by atoms with E-state index in [4.69, 9.17) is 0 Å². The van der Waals surface area contributed by atoms with Crippen molar-refractivity contribution in [2.45, 2.75) is 25.3 Å². The van der Waals surface area contributed by atoms with E-state index in [2.05, 4.69) is 32.0 Å². The van der Waals surface area contributed by atoms with Crippen molar-refractivity contribution in [3.63, 3.8) is 0 Å². The van der Waals surface area contributed by atoms with Crippen molar-refractivity contribution in [1.29, 1.82) is 0 Å². The Kier molecular flexibility index (Phi) is 5.42. The molecular weight excluding hydrogens is 309 g/mol. The summed E-state index contributed by atoms with van der Waals surface area (Å²) in [7, 11) is 2.09. The maximum absolute atomic E-state index is 12.9. The summed E-state index contributed by atoms with van der Waals surface area (Å²) in [6.07, 6.45) is 2.03. The first-order chi connectivity index (χ1) is 11.6. The molecule has 1 aromatic carbocycles. The monoisotopic (exact) mass is 333 g/mol. The molecule has 0 radical (unpaired) electrons. The standard InChI is InChI=1S/C17H24FN5O/c1-22(12-13-2-4-15(18)5-3-13)10-11-23-8-6-14(7-9-23)16-19-17(24)21-20-16/h2-5,14H,6-12H2,1H3,(H2,19,20,21,24). The van der Waals surface area contributed by atoms with Crippen molar-refractivity contribution in [3.8, 4) is 0 Å². The molecule has 0 atom stereocenters. The highest BCUT2D eigenvalue weighted by Gasteiger charge is 2.22. The second kappa shape index (κ2) is 7.72. The molecule has 3 rings (SSSR count). The second-order valence-corrected chi connectivity index (χ2v) is 6.54. The van der Waals surface area contributed by atoms with Crippen LogP contribution >= 0.6 is 0 Å². The van der Waals surface area contributed by atoms with Gasteiger partial charge in [-0.3, -0.25) is 4.98 Å². The zero-order valence-electron chi connectivity index (χ0n) is 14.0. The van der Waals surface area contributed by atoms with E-state index in [9.17, 15) is 9.18 Å². The molecule has 130 valence electrons. The van der Waals surface area contributed by atoms with Crippen LogP contribution in [0.3, 0.4) is 0 Å². The van der Waals surface area contributed by atoms with E-state index < -0.39 is 0 Å². The Balaban J connectivity index is 1.40. The number of nitrogens with one attached hydrogen (secondary N) is 2. The summed E-state index contributed by atoms with van der Waals surface area (Å²) in [5.41, 5.74) is 0.898. The Morgan fingerprint density at radius 3 is 2.62 bits per heavy atom. The van der Waals surface area contributed by atoms with Crippen LogP contribution in [0.1, 0.15) is 30.1 Å². The van der Waals surface area contributed by atoms with Gasteiger partial charge in [-0.2, -0.15) is 5.10 Å². The Labute approximate surface area is 140 Å². The molecule has 0 aliphatic carbocycles. The lowest BCUT2D eigenvalue weighted by molar-refractivity contribution is 0.181. The van der Waals surface area contributed by atoms with Crippen LogP contribution in [0, 0.1) is 5.82 Å². The molecule has 1 saturated heterocycles. The fourth-order valence-corrected chi connectivity index (χ4v) is 3.20. The quantitative estimate of drug-likeness (QED) is 0.842. The lowest BCUT2D eigenvalue weighted by Crippen LogP contribution is -2.38. The first-order valence-corrected chi connectivity index (χ1v) is 8.40. The van der Waals surface area contributed by atoms with Crippen molar-refractivity contribution in [2.75, 3.05) is 33.2 Å². The summed E-state index contributed by atoms with van der Waals surface area (Å²) in [5, 5.41) is 6.48. The Morgan fingerprint density at radius 2 is 2.00 bits per heavy atom. The third-order valence-corrected chi connectivity index (χ3v) is 4.66. The van der Waals surface area contributed by atoms with Gasteiger partial charge in [0.25, 0.3) is 0 Å². The van der Waals surface area contributed by atoms with Crippen LogP contribution in [0.5, 0.6) is 0 Å². The van der Waals surface area contributed by atoms with Gasteiger partial charge < -0.3 is 9.80 Å². The number of likely N-dealkylation sites (tertiary alicyclic amines) is 1.